The van der Waals surface area contributed by atoms with Crippen LogP contribution in [0.5, 0.6) is 0 Å². The molecule has 138 valence electrons. The van der Waals surface area contributed by atoms with Crippen LogP contribution in [0.25, 0.3) is 0 Å². The van der Waals surface area contributed by atoms with Crippen LogP contribution in [0.15, 0.2) is 77.7 Å². The first-order chi connectivity index (χ1) is 12.9. The van der Waals surface area contributed by atoms with E-state index in [1.54, 1.807) is 43.3 Å². The van der Waals surface area contributed by atoms with Gasteiger partial charge in [-0.25, -0.2) is 8.42 Å². The van der Waals surface area contributed by atoms with Crippen LogP contribution in [0, 0.1) is 13.8 Å². The summed E-state index contributed by atoms with van der Waals surface area (Å²) < 4.78 is 27.5. The number of para-hydroxylation sites is 1. The van der Waals surface area contributed by atoms with Crippen LogP contribution >= 0.6 is 0 Å². The molecule has 0 unspecified atom stereocenters. The number of amides is 1. The van der Waals surface area contributed by atoms with E-state index in [-0.39, 0.29) is 10.8 Å². The Morgan fingerprint density at radius 2 is 1.44 bits per heavy atom. The van der Waals surface area contributed by atoms with Crippen LogP contribution in [0.3, 0.4) is 0 Å². The molecule has 0 aliphatic carbocycles. The SMILES string of the molecule is Cc1ccccc1NC(=O)c1ccc(NS(=O)(=O)c2ccccc2)c(C)c1. The van der Waals surface area contributed by atoms with Gasteiger partial charge in [-0.1, -0.05) is 36.4 Å². The molecule has 0 aromatic heterocycles. The molecule has 0 aliphatic rings. The lowest BCUT2D eigenvalue weighted by Gasteiger charge is -2.13. The Balaban J connectivity index is 1.80. The molecule has 0 aliphatic heterocycles. The molecule has 3 rings (SSSR count). The molecule has 0 saturated carbocycles. The summed E-state index contributed by atoms with van der Waals surface area (Å²) in [5.74, 6) is -0.245. The van der Waals surface area contributed by atoms with Crippen LogP contribution in [0.1, 0.15) is 21.5 Å². The predicted molar refractivity (Wildman–Crippen MR) is 108 cm³/mol. The fourth-order valence-electron chi connectivity index (χ4n) is 2.63. The molecule has 3 aromatic rings. The van der Waals surface area contributed by atoms with Crippen molar-refractivity contribution in [1.29, 1.82) is 0 Å². The van der Waals surface area contributed by atoms with Crippen molar-refractivity contribution in [2.75, 3.05) is 10.0 Å². The van der Waals surface area contributed by atoms with Crippen molar-refractivity contribution in [3.8, 4) is 0 Å². The molecule has 0 radical (unpaired) electrons. The van der Waals surface area contributed by atoms with Gasteiger partial charge in [-0.15, -0.1) is 0 Å². The van der Waals surface area contributed by atoms with Crippen LogP contribution in [0.2, 0.25) is 0 Å². The van der Waals surface area contributed by atoms with Gasteiger partial charge in [-0.3, -0.25) is 9.52 Å². The van der Waals surface area contributed by atoms with E-state index in [1.165, 1.54) is 12.1 Å². The lowest BCUT2D eigenvalue weighted by molar-refractivity contribution is 0.102. The van der Waals surface area contributed by atoms with E-state index < -0.39 is 10.0 Å². The van der Waals surface area contributed by atoms with Gasteiger partial charge >= 0.3 is 0 Å². The van der Waals surface area contributed by atoms with E-state index >= 15 is 0 Å². The summed E-state index contributed by atoms with van der Waals surface area (Å²) in [4.78, 5) is 12.7. The zero-order chi connectivity index (χ0) is 19.4. The molecule has 0 bridgehead atoms. The van der Waals surface area contributed by atoms with E-state index in [9.17, 15) is 13.2 Å². The minimum atomic E-state index is -3.67. The Bertz CT molecular complexity index is 1080. The molecule has 1 amide bonds. The van der Waals surface area contributed by atoms with Crippen molar-refractivity contribution >= 4 is 27.3 Å². The van der Waals surface area contributed by atoms with Crippen LogP contribution in [-0.2, 0) is 10.0 Å². The number of sulfonamides is 1. The first-order valence-electron chi connectivity index (χ1n) is 8.42. The van der Waals surface area contributed by atoms with E-state index in [2.05, 4.69) is 10.0 Å². The van der Waals surface area contributed by atoms with Crippen molar-refractivity contribution in [3.05, 3.63) is 89.5 Å². The van der Waals surface area contributed by atoms with E-state index in [1.807, 2.05) is 31.2 Å². The monoisotopic (exact) mass is 380 g/mol. The molecule has 2 N–H and O–H groups in total. The third kappa shape index (κ3) is 4.35. The van der Waals surface area contributed by atoms with Crippen LogP contribution in [-0.4, -0.2) is 14.3 Å². The zero-order valence-corrected chi connectivity index (χ0v) is 15.9. The summed E-state index contributed by atoms with van der Waals surface area (Å²) in [6, 6.07) is 20.5. The predicted octanol–water partition coefficient (Wildman–Crippen LogP) is 4.36. The summed E-state index contributed by atoms with van der Waals surface area (Å²) in [5.41, 5.74) is 3.26. The molecule has 6 heteroatoms. The van der Waals surface area contributed by atoms with E-state index in [4.69, 9.17) is 0 Å². The largest absolute Gasteiger partial charge is 0.322 e. The fraction of sp³-hybridized carbons (Fsp3) is 0.0952. The highest BCUT2D eigenvalue weighted by molar-refractivity contribution is 7.92. The number of hydrogen-bond donors (Lipinski definition) is 2. The molecule has 5 nitrogen and oxygen atoms in total. The first-order valence-corrected chi connectivity index (χ1v) is 9.90. The molecule has 0 heterocycles. The van der Waals surface area contributed by atoms with Gasteiger partial charge in [0.25, 0.3) is 15.9 Å². The number of nitrogens with one attached hydrogen (secondary N) is 2. The third-order valence-electron chi connectivity index (χ3n) is 4.18. The molecular formula is C21H20N2O3S. The molecule has 27 heavy (non-hydrogen) atoms. The highest BCUT2D eigenvalue weighted by atomic mass is 32.2. The number of hydrogen-bond acceptors (Lipinski definition) is 3. The van der Waals surface area contributed by atoms with Gasteiger partial charge in [-0.2, -0.15) is 0 Å². The topological polar surface area (TPSA) is 75.3 Å². The number of carbonyl (C=O) groups is 1. The summed E-state index contributed by atoms with van der Waals surface area (Å²) in [5, 5.41) is 2.87. The van der Waals surface area contributed by atoms with Crippen molar-refractivity contribution in [2.45, 2.75) is 18.7 Å². The first kappa shape index (κ1) is 18.7. The highest BCUT2D eigenvalue weighted by Gasteiger charge is 2.16. The van der Waals surface area contributed by atoms with Gasteiger partial charge in [0.05, 0.1) is 10.6 Å². The maximum absolute atomic E-state index is 12.5. The van der Waals surface area contributed by atoms with Crippen molar-refractivity contribution in [3.63, 3.8) is 0 Å². The standard InChI is InChI=1S/C21H20N2O3S/c1-15-8-6-7-11-19(15)22-21(24)17-12-13-20(16(2)14-17)23-27(25,26)18-9-4-3-5-10-18/h3-14,23H,1-2H3,(H,22,24). The molecule has 0 spiro atoms. The molecule has 0 fully saturated rings. The quantitative estimate of drug-likeness (QED) is 0.691. The van der Waals surface area contributed by atoms with Gasteiger partial charge in [0.2, 0.25) is 0 Å². The van der Waals surface area contributed by atoms with Crippen LogP contribution in [0.4, 0.5) is 11.4 Å². The smallest absolute Gasteiger partial charge is 0.261 e. The fourth-order valence-corrected chi connectivity index (χ4v) is 3.78. The Morgan fingerprint density at radius 1 is 0.778 bits per heavy atom. The molecular weight excluding hydrogens is 360 g/mol. The average molecular weight is 380 g/mol. The Kier molecular flexibility index (Phi) is 5.28. The number of carbonyl (C=O) groups excluding carboxylic acids is 1. The minimum absolute atomic E-state index is 0.186. The number of anilines is 2. The minimum Gasteiger partial charge on any atom is -0.322 e. The molecule has 0 saturated heterocycles. The van der Waals surface area contributed by atoms with Gasteiger partial charge in [0.15, 0.2) is 0 Å². The second kappa shape index (κ2) is 7.63. The maximum Gasteiger partial charge on any atom is 0.261 e. The second-order valence-electron chi connectivity index (χ2n) is 6.22. The summed E-state index contributed by atoms with van der Waals surface area (Å²) in [7, 11) is -3.67. The molecule has 0 atom stereocenters. The summed E-state index contributed by atoms with van der Waals surface area (Å²) in [6.45, 7) is 3.68. The van der Waals surface area contributed by atoms with Gasteiger partial charge < -0.3 is 5.32 Å². The summed E-state index contributed by atoms with van der Waals surface area (Å²) in [6.07, 6.45) is 0. The highest BCUT2D eigenvalue weighted by Crippen LogP contribution is 2.22. The molecule has 3 aromatic carbocycles. The lowest BCUT2D eigenvalue weighted by atomic mass is 10.1. The number of aryl methyl sites for hydroxylation is 2. The summed E-state index contributed by atoms with van der Waals surface area (Å²) >= 11 is 0. The second-order valence-corrected chi connectivity index (χ2v) is 7.90. The van der Waals surface area contributed by atoms with E-state index in [0.29, 0.717) is 16.8 Å². The number of benzene rings is 3. The normalized spacial score (nSPS) is 11.0. The van der Waals surface area contributed by atoms with Gasteiger partial charge in [0, 0.05) is 11.3 Å². The van der Waals surface area contributed by atoms with Crippen molar-refractivity contribution in [2.24, 2.45) is 0 Å². The average Bonchev–Trinajstić information content (AvgIpc) is 2.66. The Morgan fingerprint density at radius 3 is 2.11 bits per heavy atom. The zero-order valence-electron chi connectivity index (χ0n) is 15.1. The van der Waals surface area contributed by atoms with Gasteiger partial charge in [-0.05, 0) is 61.4 Å². The Hall–Kier alpha value is -3.12. The number of rotatable bonds is 5. The van der Waals surface area contributed by atoms with Crippen molar-refractivity contribution in [1.82, 2.24) is 0 Å². The third-order valence-corrected chi connectivity index (χ3v) is 5.56. The maximum atomic E-state index is 12.5. The van der Waals surface area contributed by atoms with E-state index in [0.717, 1.165) is 11.3 Å². The van der Waals surface area contributed by atoms with Crippen molar-refractivity contribution < 1.29 is 13.2 Å². The van der Waals surface area contributed by atoms with Crippen LogP contribution < -0.4 is 10.0 Å². The lowest BCUT2D eigenvalue weighted by Crippen LogP contribution is -2.15. The Labute approximate surface area is 159 Å². The van der Waals surface area contributed by atoms with Gasteiger partial charge in [0.1, 0.15) is 0 Å².